The molecule has 0 spiro atoms. The summed E-state index contributed by atoms with van der Waals surface area (Å²) in [7, 11) is -3.75. The molecule has 3 aromatic heterocycles. The summed E-state index contributed by atoms with van der Waals surface area (Å²) in [4.78, 5) is 17.0. The van der Waals surface area contributed by atoms with Gasteiger partial charge in [-0.3, -0.25) is 0 Å². The predicted molar refractivity (Wildman–Crippen MR) is 117 cm³/mol. The zero-order chi connectivity index (χ0) is 22.1. The molecule has 0 aliphatic rings. The van der Waals surface area contributed by atoms with E-state index in [0.29, 0.717) is 34.3 Å². The maximum Gasteiger partial charge on any atom is 0.238 e. The lowest BCUT2D eigenvalue weighted by molar-refractivity contribution is 0.439. The molecule has 11 heteroatoms. The van der Waals surface area contributed by atoms with Gasteiger partial charge in [0.15, 0.2) is 5.76 Å². The number of nitrogens with two attached hydrogens (primary N) is 1. The third kappa shape index (κ3) is 3.89. The monoisotopic (exact) mass is 445 g/mol. The Hall–Kier alpha value is -4.22. The number of benzene rings is 2. The summed E-state index contributed by atoms with van der Waals surface area (Å²) in [5.74, 6) is 0.902. The summed E-state index contributed by atoms with van der Waals surface area (Å²) in [5, 5.41) is 13.1. The van der Waals surface area contributed by atoms with Crippen molar-refractivity contribution in [1.82, 2.24) is 25.1 Å². The van der Waals surface area contributed by atoms with Crippen LogP contribution in [0.3, 0.4) is 0 Å². The molecule has 0 aliphatic heterocycles. The van der Waals surface area contributed by atoms with Crippen LogP contribution in [0.4, 0.5) is 11.6 Å². The van der Waals surface area contributed by atoms with Crippen LogP contribution < -0.4 is 10.5 Å². The molecule has 3 heterocycles. The number of anilines is 2. The Bertz CT molecular complexity index is 1520. The molecule has 0 saturated carbocycles. The van der Waals surface area contributed by atoms with Crippen molar-refractivity contribution in [3.05, 3.63) is 73.3 Å². The SMILES string of the molecule is NS(=O)(=O)c1ccc(Nc2nccc(-c3ccc4noc(-c5ccncn5)c4c3)n2)cc1. The molecule has 0 saturated heterocycles. The third-order valence-corrected chi connectivity index (χ3v) is 5.61. The molecule has 0 bridgehead atoms. The number of nitrogens with zero attached hydrogens (tertiary/aromatic N) is 5. The van der Waals surface area contributed by atoms with Gasteiger partial charge < -0.3 is 9.84 Å². The van der Waals surface area contributed by atoms with Crippen molar-refractivity contribution in [2.24, 2.45) is 5.14 Å². The van der Waals surface area contributed by atoms with Gasteiger partial charge in [-0.25, -0.2) is 33.5 Å². The molecule has 10 nitrogen and oxygen atoms in total. The second-order valence-electron chi connectivity index (χ2n) is 6.80. The van der Waals surface area contributed by atoms with Gasteiger partial charge in [0.2, 0.25) is 16.0 Å². The highest BCUT2D eigenvalue weighted by Crippen LogP contribution is 2.30. The van der Waals surface area contributed by atoms with Crippen molar-refractivity contribution in [1.29, 1.82) is 0 Å². The average Bonchev–Trinajstić information content (AvgIpc) is 3.23. The van der Waals surface area contributed by atoms with Crippen LogP contribution in [-0.2, 0) is 10.0 Å². The van der Waals surface area contributed by atoms with E-state index in [0.717, 1.165) is 10.9 Å². The Morgan fingerprint density at radius 1 is 0.906 bits per heavy atom. The van der Waals surface area contributed by atoms with Crippen molar-refractivity contribution in [3.8, 4) is 22.7 Å². The first-order valence-corrected chi connectivity index (χ1v) is 10.9. The summed E-state index contributed by atoms with van der Waals surface area (Å²) in [6.45, 7) is 0. The van der Waals surface area contributed by atoms with E-state index >= 15 is 0 Å². The van der Waals surface area contributed by atoms with Gasteiger partial charge >= 0.3 is 0 Å². The van der Waals surface area contributed by atoms with E-state index < -0.39 is 10.0 Å². The molecule has 3 N–H and O–H groups in total. The highest BCUT2D eigenvalue weighted by Gasteiger charge is 2.14. The Balaban J connectivity index is 1.46. The zero-order valence-corrected chi connectivity index (χ0v) is 17.2. The topological polar surface area (TPSA) is 150 Å². The maximum absolute atomic E-state index is 11.4. The second-order valence-corrected chi connectivity index (χ2v) is 8.36. The Labute approximate surface area is 182 Å². The van der Waals surface area contributed by atoms with E-state index in [2.05, 4.69) is 30.4 Å². The van der Waals surface area contributed by atoms with E-state index in [1.165, 1.54) is 18.5 Å². The number of sulfonamides is 1. The van der Waals surface area contributed by atoms with Gasteiger partial charge in [-0.15, -0.1) is 0 Å². The number of fused-ring (bicyclic) bond motifs is 1. The van der Waals surface area contributed by atoms with Gasteiger partial charge in [0.25, 0.3) is 0 Å². The standard InChI is InChI=1S/C21H15N7O3S/c22-32(29,30)15-4-2-14(3-5-15)26-21-24-10-8-17(27-21)13-1-6-18-16(11-13)20(31-28-18)19-7-9-23-12-25-19/h1-12H,(H2,22,29,30)(H,24,26,27). The first-order valence-electron chi connectivity index (χ1n) is 9.36. The first kappa shape index (κ1) is 19.7. The summed E-state index contributed by atoms with van der Waals surface area (Å²) < 4.78 is 28.3. The molecular weight excluding hydrogens is 430 g/mol. The van der Waals surface area contributed by atoms with Crippen molar-refractivity contribution in [2.75, 3.05) is 5.32 Å². The van der Waals surface area contributed by atoms with Crippen LogP contribution in [0.1, 0.15) is 0 Å². The van der Waals surface area contributed by atoms with Gasteiger partial charge in [-0.1, -0.05) is 11.2 Å². The lowest BCUT2D eigenvalue weighted by atomic mass is 10.1. The molecule has 0 fully saturated rings. The minimum atomic E-state index is -3.75. The minimum absolute atomic E-state index is 0.0271. The van der Waals surface area contributed by atoms with Gasteiger partial charge in [-0.2, -0.15) is 0 Å². The molecule has 5 rings (SSSR count). The highest BCUT2D eigenvalue weighted by atomic mass is 32.2. The normalized spacial score (nSPS) is 11.5. The average molecular weight is 445 g/mol. The summed E-state index contributed by atoms with van der Waals surface area (Å²) in [6, 6.07) is 15.2. The predicted octanol–water partition coefficient (Wildman–Crippen LogP) is 3.13. The van der Waals surface area contributed by atoms with Crippen molar-refractivity contribution in [3.63, 3.8) is 0 Å². The molecule has 5 aromatic rings. The summed E-state index contributed by atoms with van der Waals surface area (Å²) in [5.41, 5.74) is 3.47. The summed E-state index contributed by atoms with van der Waals surface area (Å²) in [6.07, 6.45) is 4.72. The molecule has 158 valence electrons. The molecule has 0 aliphatic carbocycles. The van der Waals surface area contributed by atoms with Crippen LogP contribution in [0, 0.1) is 0 Å². The third-order valence-electron chi connectivity index (χ3n) is 4.68. The molecular formula is C21H15N7O3S. The lowest BCUT2D eigenvalue weighted by Gasteiger charge is -2.07. The van der Waals surface area contributed by atoms with Crippen LogP contribution >= 0.6 is 0 Å². The van der Waals surface area contributed by atoms with Crippen LogP contribution in [0.2, 0.25) is 0 Å². The number of hydrogen-bond donors (Lipinski definition) is 2. The fourth-order valence-corrected chi connectivity index (χ4v) is 3.66. The first-order chi connectivity index (χ1) is 15.5. The molecule has 0 amide bonds. The van der Waals surface area contributed by atoms with Gasteiger partial charge in [0, 0.05) is 23.6 Å². The molecule has 0 unspecified atom stereocenters. The Kier molecular flexibility index (Phi) is 4.81. The van der Waals surface area contributed by atoms with Crippen LogP contribution in [0.5, 0.6) is 0 Å². The molecule has 0 radical (unpaired) electrons. The largest absolute Gasteiger partial charge is 0.353 e. The minimum Gasteiger partial charge on any atom is -0.353 e. The zero-order valence-electron chi connectivity index (χ0n) is 16.4. The van der Waals surface area contributed by atoms with Crippen LogP contribution in [0.25, 0.3) is 33.6 Å². The maximum atomic E-state index is 11.4. The van der Waals surface area contributed by atoms with E-state index in [1.807, 2.05) is 18.2 Å². The van der Waals surface area contributed by atoms with Gasteiger partial charge in [-0.05, 0) is 48.5 Å². The summed E-state index contributed by atoms with van der Waals surface area (Å²) >= 11 is 0. The van der Waals surface area contributed by atoms with Crippen molar-refractivity contribution < 1.29 is 12.9 Å². The number of primary sulfonamides is 1. The molecule has 32 heavy (non-hydrogen) atoms. The van der Waals surface area contributed by atoms with E-state index in [4.69, 9.17) is 9.66 Å². The van der Waals surface area contributed by atoms with Crippen LogP contribution in [-0.4, -0.2) is 33.5 Å². The van der Waals surface area contributed by atoms with Crippen LogP contribution in [0.15, 0.2) is 82.7 Å². The number of hydrogen-bond acceptors (Lipinski definition) is 9. The van der Waals surface area contributed by atoms with E-state index in [1.54, 1.807) is 36.7 Å². The number of aromatic nitrogens is 5. The van der Waals surface area contributed by atoms with E-state index in [9.17, 15) is 8.42 Å². The smallest absolute Gasteiger partial charge is 0.238 e. The van der Waals surface area contributed by atoms with Gasteiger partial charge in [0.05, 0.1) is 16.0 Å². The van der Waals surface area contributed by atoms with Gasteiger partial charge in [0.1, 0.15) is 17.5 Å². The van der Waals surface area contributed by atoms with Crippen molar-refractivity contribution in [2.45, 2.75) is 4.90 Å². The fraction of sp³-hybridized carbons (Fsp3) is 0. The Morgan fingerprint density at radius 3 is 2.47 bits per heavy atom. The fourth-order valence-electron chi connectivity index (χ4n) is 3.15. The Morgan fingerprint density at radius 2 is 1.72 bits per heavy atom. The number of nitrogens with one attached hydrogen (secondary N) is 1. The second kappa shape index (κ2) is 7.80. The quantitative estimate of drug-likeness (QED) is 0.416. The van der Waals surface area contributed by atoms with E-state index in [-0.39, 0.29) is 4.90 Å². The van der Waals surface area contributed by atoms with Crippen molar-refractivity contribution >= 4 is 32.6 Å². The molecule has 2 aromatic carbocycles. The lowest BCUT2D eigenvalue weighted by Crippen LogP contribution is -2.11. The molecule has 0 atom stereocenters. The highest BCUT2D eigenvalue weighted by molar-refractivity contribution is 7.89. The number of rotatable bonds is 5.